The molecule has 0 aliphatic carbocycles. The number of nitrogens with one attached hydrogen (secondary N) is 1. The predicted octanol–water partition coefficient (Wildman–Crippen LogP) is 2.94. The Bertz CT molecular complexity index is 568. The van der Waals surface area contributed by atoms with Gasteiger partial charge in [0.05, 0.1) is 21.1 Å². The molecule has 0 aromatic carbocycles. The number of pyridine rings is 1. The fourth-order valence-corrected chi connectivity index (χ4v) is 2.27. The third kappa shape index (κ3) is 2.75. The van der Waals surface area contributed by atoms with Gasteiger partial charge in [0.15, 0.2) is 0 Å². The second-order valence-electron chi connectivity index (χ2n) is 3.49. The van der Waals surface area contributed by atoms with Crippen LogP contribution in [0, 0.1) is 6.92 Å². The number of halogens is 1. The van der Waals surface area contributed by atoms with E-state index in [1.165, 1.54) is 17.5 Å². The second-order valence-corrected chi connectivity index (χ2v) is 5.21. The summed E-state index contributed by atoms with van der Waals surface area (Å²) >= 11 is 6.99. The molecule has 0 atom stereocenters. The van der Waals surface area contributed by atoms with Crippen LogP contribution in [-0.4, -0.2) is 10.9 Å². The van der Waals surface area contributed by atoms with Crippen molar-refractivity contribution in [2.24, 2.45) is 0 Å². The van der Waals surface area contributed by atoms with Crippen molar-refractivity contribution >= 4 is 40.4 Å². The third-order valence-corrected chi connectivity index (χ3v) is 3.36. The minimum Gasteiger partial charge on any atom is -0.397 e. The van der Waals surface area contributed by atoms with Crippen LogP contribution in [0.15, 0.2) is 24.4 Å². The van der Waals surface area contributed by atoms with Crippen LogP contribution in [0.4, 0.5) is 11.5 Å². The summed E-state index contributed by atoms with van der Waals surface area (Å²) in [5, 5.41) is 2.71. The highest BCUT2D eigenvalue weighted by molar-refractivity contribution is 7.18. The quantitative estimate of drug-likeness (QED) is 0.879. The Morgan fingerprint density at radius 2 is 2.29 bits per heavy atom. The zero-order valence-corrected chi connectivity index (χ0v) is 10.6. The summed E-state index contributed by atoms with van der Waals surface area (Å²) in [4.78, 5) is 16.4. The Morgan fingerprint density at radius 1 is 1.53 bits per heavy atom. The third-order valence-electron chi connectivity index (χ3n) is 2.13. The Kier molecular flexibility index (Phi) is 3.31. The molecule has 6 heteroatoms. The lowest BCUT2D eigenvalue weighted by atomic mass is 10.2. The molecule has 0 fully saturated rings. The van der Waals surface area contributed by atoms with E-state index < -0.39 is 0 Å². The van der Waals surface area contributed by atoms with Gasteiger partial charge in [-0.05, 0) is 30.7 Å². The summed E-state index contributed by atoms with van der Waals surface area (Å²) in [6.45, 7) is 1.83. The average Bonchev–Trinajstić information content (AvgIpc) is 2.69. The molecule has 0 bridgehead atoms. The number of aromatic nitrogens is 1. The van der Waals surface area contributed by atoms with E-state index >= 15 is 0 Å². The number of nitrogens with two attached hydrogens (primary N) is 1. The van der Waals surface area contributed by atoms with Crippen LogP contribution < -0.4 is 11.1 Å². The van der Waals surface area contributed by atoms with E-state index in [1.54, 1.807) is 18.2 Å². The predicted molar refractivity (Wildman–Crippen MR) is 70.7 cm³/mol. The number of hydrogen-bond donors (Lipinski definition) is 2. The molecule has 1 amide bonds. The van der Waals surface area contributed by atoms with E-state index in [2.05, 4.69) is 10.3 Å². The minimum atomic E-state index is -0.220. The van der Waals surface area contributed by atoms with Crippen LogP contribution in [-0.2, 0) is 0 Å². The standard InChI is InChI=1S/C11H10ClN3OS/c1-6-4-7(13)5-14-10(6)15-11(16)8-2-3-9(12)17-8/h2-5H,13H2,1H3,(H,14,15,16). The summed E-state index contributed by atoms with van der Waals surface area (Å²) in [5.74, 6) is 0.288. The molecule has 88 valence electrons. The Labute approximate surface area is 107 Å². The maximum Gasteiger partial charge on any atom is 0.266 e. The smallest absolute Gasteiger partial charge is 0.266 e. The number of hydrogen-bond acceptors (Lipinski definition) is 4. The first-order valence-corrected chi connectivity index (χ1v) is 6.04. The number of carbonyl (C=O) groups is 1. The van der Waals surface area contributed by atoms with Crippen molar-refractivity contribution in [3.05, 3.63) is 39.2 Å². The number of nitrogens with zero attached hydrogens (tertiary/aromatic N) is 1. The normalized spacial score (nSPS) is 10.2. The van der Waals surface area contributed by atoms with E-state index in [0.717, 1.165) is 5.56 Å². The highest BCUT2D eigenvalue weighted by Crippen LogP contribution is 2.23. The Hall–Kier alpha value is -1.59. The van der Waals surface area contributed by atoms with Crippen LogP contribution in [0.25, 0.3) is 0 Å². The van der Waals surface area contributed by atoms with Crippen molar-refractivity contribution in [1.29, 1.82) is 0 Å². The van der Waals surface area contributed by atoms with Gasteiger partial charge in [0.2, 0.25) is 0 Å². The molecule has 3 N–H and O–H groups in total. The number of amides is 1. The molecule has 0 spiro atoms. The molecule has 0 radical (unpaired) electrons. The zero-order chi connectivity index (χ0) is 12.4. The maximum atomic E-state index is 11.8. The van der Waals surface area contributed by atoms with E-state index in [4.69, 9.17) is 17.3 Å². The van der Waals surface area contributed by atoms with Gasteiger partial charge < -0.3 is 11.1 Å². The van der Waals surface area contributed by atoms with E-state index in [0.29, 0.717) is 20.7 Å². The van der Waals surface area contributed by atoms with Crippen molar-refractivity contribution < 1.29 is 4.79 Å². The first-order valence-electron chi connectivity index (χ1n) is 4.85. The van der Waals surface area contributed by atoms with Crippen molar-refractivity contribution in [3.63, 3.8) is 0 Å². The van der Waals surface area contributed by atoms with E-state index in [-0.39, 0.29) is 5.91 Å². The molecule has 0 aliphatic heterocycles. The molecule has 0 saturated carbocycles. The van der Waals surface area contributed by atoms with Gasteiger partial charge in [-0.1, -0.05) is 11.6 Å². The fourth-order valence-electron chi connectivity index (χ4n) is 1.33. The van der Waals surface area contributed by atoms with Gasteiger partial charge in [-0.3, -0.25) is 4.79 Å². The second kappa shape index (κ2) is 4.73. The molecule has 0 unspecified atom stereocenters. The van der Waals surface area contributed by atoms with Crippen LogP contribution >= 0.6 is 22.9 Å². The van der Waals surface area contributed by atoms with Crippen molar-refractivity contribution in [1.82, 2.24) is 4.98 Å². The number of anilines is 2. The van der Waals surface area contributed by atoms with Crippen molar-refractivity contribution in [2.45, 2.75) is 6.92 Å². The first-order chi connectivity index (χ1) is 8.06. The van der Waals surface area contributed by atoms with Gasteiger partial charge in [0.1, 0.15) is 5.82 Å². The van der Waals surface area contributed by atoms with Crippen LogP contribution in [0.1, 0.15) is 15.2 Å². The Morgan fingerprint density at radius 3 is 2.88 bits per heavy atom. The summed E-state index contributed by atoms with van der Waals surface area (Å²) in [6, 6.07) is 5.11. The SMILES string of the molecule is Cc1cc(N)cnc1NC(=O)c1ccc(Cl)s1. The van der Waals surface area contributed by atoms with Crippen LogP contribution in [0.3, 0.4) is 0 Å². The first kappa shape index (κ1) is 11.9. The average molecular weight is 268 g/mol. The van der Waals surface area contributed by atoms with Gasteiger partial charge in [0, 0.05) is 0 Å². The minimum absolute atomic E-state index is 0.220. The van der Waals surface area contributed by atoms with Gasteiger partial charge >= 0.3 is 0 Å². The topological polar surface area (TPSA) is 68.0 Å². The Balaban J connectivity index is 2.18. The number of carbonyl (C=O) groups excluding carboxylic acids is 1. The molecule has 2 heterocycles. The van der Waals surface area contributed by atoms with Crippen molar-refractivity contribution in [3.8, 4) is 0 Å². The lowest BCUT2D eigenvalue weighted by Gasteiger charge is -2.06. The van der Waals surface area contributed by atoms with Gasteiger partial charge in [-0.15, -0.1) is 11.3 Å². The maximum absolute atomic E-state index is 11.8. The monoisotopic (exact) mass is 267 g/mol. The number of rotatable bonds is 2. The van der Waals surface area contributed by atoms with Crippen LogP contribution in [0.5, 0.6) is 0 Å². The molecule has 2 aromatic heterocycles. The fraction of sp³-hybridized carbons (Fsp3) is 0.0909. The van der Waals surface area contributed by atoms with Crippen molar-refractivity contribution in [2.75, 3.05) is 11.1 Å². The molecule has 0 saturated heterocycles. The lowest BCUT2D eigenvalue weighted by molar-refractivity contribution is 0.103. The molecule has 2 aromatic rings. The molecule has 0 aliphatic rings. The molecule has 2 rings (SSSR count). The number of nitrogen functional groups attached to an aromatic ring is 1. The summed E-state index contributed by atoms with van der Waals surface area (Å²) < 4.78 is 0.581. The number of thiophene rings is 1. The van der Waals surface area contributed by atoms with E-state index in [1.807, 2.05) is 6.92 Å². The molecular formula is C11H10ClN3OS. The summed E-state index contributed by atoms with van der Waals surface area (Å²) in [7, 11) is 0. The molecule has 17 heavy (non-hydrogen) atoms. The van der Waals surface area contributed by atoms with Gasteiger partial charge in [-0.25, -0.2) is 4.98 Å². The van der Waals surface area contributed by atoms with Gasteiger partial charge in [0.25, 0.3) is 5.91 Å². The molecule has 4 nitrogen and oxygen atoms in total. The largest absolute Gasteiger partial charge is 0.397 e. The lowest BCUT2D eigenvalue weighted by Crippen LogP contribution is -2.12. The molecular weight excluding hydrogens is 258 g/mol. The summed E-state index contributed by atoms with van der Waals surface area (Å²) in [5.41, 5.74) is 6.97. The summed E-state index contributed by atoms with van der Waals surface area (Å²) in [6.07, 6.45) is 1.50. The van der Waals surface area contributed by atoms with Crippen LogP contribution in [0.2, 0.25) is 4.34 Å². The van der Waals surface area contributed by atoms with Gasteiger partial charge in [-0.2, -0.15) is 0 Å². The number of aryl methyl sites for hydroxylation is 1. The zero-order valence-electron chi connectivity index (χ0n) is 9.03. The highest BCUT2D eigenvalue weighted by Gasteiger charge is 2.10. The van der Waals surface area contributed by atoms with E-state index in [9.17, 15) is 4.79 Å². The highest BCUT2D eigenvalue weighted by atomic mass is 35.5.